The summed E-state index contributed by atoms with van der Waals surface area (Å²) < 4.78 is 7.50. The van der Waals surface area contributed by atoms with Gasteiger partial charge in [0.05, 0.1) is 28.5 Å². The average Bonchev–Trinajstić information content (AvgIpc) is 3.10. The van der Waals surface area contributed by atoms with E-state index in [1.54, 1.807) is 6.07 Å². The van der Waals surface area contributed by atoms with Gasteiger partial charge in [0.2, 0.25) is 5.95 Å². The Morgan fingerprint density at radius 2 is 1.71 bits per heavy atom. The average molecular weight is 466 g/mol. The van der Waals surface area contributed by atoms with E-state index in [9.17, 15) is 0 Å². The molecular weight excluding hydrogens is 445 g/mol. The lowest BCUT2D eigenvalue weighted by Gasteiger charge is -2.10. The van der Waals surface area contributed by atoms with Crippen LogP contribution in [0.2, 0.25) is 10.0 Å². The topological polar surface area (TPSA) is 114 Å². The molecule has 3 aromatic rings. The second kappa shape index (κ2) is 11.2. The second-order valence-corrected chi connectivity index (χ2v) is 7.01. The molecule has 8 nitrogen and oxygen atoms in total. The van der Waals surface area contributed by atoms with Gasteiger partial charge in [-0.25, -0.2) is 14.6 Å². The summed E-state index contributed by atoms with van der Waals surface area (Å²) in [5, 5.41) is 19.2. The lowest BCUT2D eigenvalue weighted by atomic mass is 10.1. The van der Waals surface area contributed by atoms with Crippen LogP contribution in [0.15, 0.2) is 48.7 Å². The Kier molecular flexibility index (Phi) is 8.72. The van der Waals surface area contributed by atoms with Crippen LogP contribution in [0.1, 0.15) is 12.5 Å². The molecule has 0 unspecified atom stereocenters. The molecule has 10 heteroatoms. The number of aromatic nitrogens is 2. The van der Waals surface area contributed by atoms with Crippen molar-refractivity contribution in [2.45, 2.75) is 13.5 Å². The van der Waals surface area contributed by atoms with Crippen LogP contribution in [0.4, 0.5) is 5.95 Å². The van der Waals surface area contributed by atoms with Crippen molar-refractivity contribution in [3.63, 3.8) is 0 Å². The molecule has 0 aliphatic heterocycles. The summed E-state index contributed by atoms with van der Waals surface area (Å²) in [7, 11) is 1.98. The van der Waals surface area contributed by atoms with Crippen LogP contribution in [0.5, 0.6) is 5.75 Å². The van der Waals surface area contributed by atoms with Gasteiger partial charge >= 0.3 is 11.9 Å². The molecule has 0 bridgehead atoms. The third-order valence-corrected chi connectivity index (χ3v) is 4.81. The Morgan fingerprint density at radius 1 is 1.06 bits per heavy atom. The smallest absolute Gasteiger partial charge is 0.414 e. The maximum absolute atomic E-state index is 9.10. The first-order valence-electron chi connectivity index (χ1n) is 9.11. The van der Waals surface area contributed by atoms with Gasteiger partial charge in [-0.3, -0.25) is 0 Å². The number of carboxylic acid groups (broad SMARTS) is 2. The maximum atomic E-state index is 9.10. The third-order valence-electron chi connectivity index (χ3n) is 4.07. The summed E-state index contributed by atoms with van der Waals surface area (Å²) in [6.45, 7) is 3.25. The lowest BCUT2D eigenvalue weighted by molar-refractivity contribution is -0.159. The summed E-state index contributed by atoms with van der Waals surface area (Å²) in [6, 6.07) is 13.6. The Hall–Kier alpha value is -3.23. The van der Waals surface area contributed by atoms with Gasteiger partial charge in [0.25, 0.3) is 0 Å². The number of anilines is 1. The van der Waals surface area contributed by atoms with Crippen molar-refractivity contribution in [1.82, 2.24) is 9.55 Å². The maximum Gasteiger partial charge on any atom is 0.414 e. The molecule has 3 rings (SSSR count). The molecule has 3 N–H and O–H groups in total. The monoisotopic (exact) mass is 465 g/mol. The normalized spacial score (nSPS) is 10.1. The highest BCUT2D eigenvalue weighted by atomic mass is 35.5. The fourth-order valence-electron chi connectivity index (χ4n) is 2.56. The van der Waals surface area contributed by atoms with E-state index in [4.69, 9.17) is 47.7 Å². The van der Waals surface area contributed by atoms with Gasteiger partial charge < -0.3 is 24.8 Å². The van der Waals surface area contributed by atoms with Crippen LogP contribution in [0.25, 0.3) is 11.3 Å². The number of hydrogen-bond acceptors (Lipinski definition) is 5. The predicted molar refractivity (Wildman–Crippen MR) is 119 cm³/mol. The van der Waals surface area contributed by atoms with E-state index in [-0.39, 0.29) is 0 Å². The van der Waals surface area contributed by atoms with Crippen molar-refractivity contribution in [2.75, 3.05) is 11.9 Å². The Labute approximate surface area is 189 Å². The molecule has 0 aliphatic rings. The SMILES string of the molecule is CCOc1ccc(-c2cnc(NCc3ccc(Cl)c(Cl)c3)n2C)cc1.O=C(O)C(=O)O. The Bertz CT molecular complexity index is 1040. The molecule has 0 fully saturated rings. The first-order valence-corrected chi connectivity index (χ1v) is 9.87. The quantitative estimate of drug-likeness (QED) is 0.457. The second-order valence-electron chi connectivity index (χ2n) is 6.20. The van der Waals surface area contributed by atoms with Crippen molar-refractivity contribution in [3.8, 4) is 17.0 Å². The van der Waals surface area contributed by atoms with Crippen LogP contribution < -0.4 is 10.1 Å². The number of carboxylic acids is 2. The highest BCUT2D eigenvalue weighted by molar-refractivity contribution is 6.42. The number of rotatable bonds is 6. The van der Waals surface area contributed by atoms with Crippen LogP contribution in [-0.4, -0.2) is 38.3 Å². The van der Waals surface area contributed by atoms with E-state index in [1.165, 1.54) is 0 Å². The molecule has 1 heterocycles. The largest absolute Gasteiger partial charge is 0.494 e. The van der Waals surface area contributed by atoms with E-state index < -0.39 is 11.9 Å². The minimum absolute atomic E-state index is 0.552. The van der Waals surface area contributed by atoms with Crippen LogP contribution >= 0.6 is 23.2 Å². The van der Waals surface area contributed by atoms with Gasteiger partial charge in [0, 0.05) is 19.2 Å². The minimum Gasteiger partial charge on any atom is -0.494 e. The molecule has 0 saturated heterocycles. The van der Waals surface area contributed by atoms with Crippen LogP contribution in [0.3, 0.4) is 0 Å². The van der Waals surface area contributed by atoms with E-state index in [2.05, 4.69) is 10.3 Å². The summed E-state index contributed by atoms with van der Waals surface area (Å²) in [4.78, 5) is 22.7. The van der Waals surface area contributed by atoms with Crippen molar-refractivity contribution >= 4 is 41.1 Å². The van der Waals surface area contributed by atoms with E-state index in [0.29, 0.717) is 23.2 Å². The van der Waals surface area contributed by atoms with Gasteiger partial charge in [-0.2, -0.15) is 0 Å². The van der Waals surface area contributed by atoms with Gasteiger partial charge in [-0.05, 0) is 48.9 Å². The molecule has 0 atom stereocenters. The molecule has 0 amide bonds. The molecule has 31 heavy (non-hydrogen) atoms. The van der Waals surface area contributed by atoms with E-state index in [1.807, 2.05) is 61.1 Å². The summed E-state index contributed by atoms with van der Waals surface area (Å²) in [6.07, 6.45) is 1.85. The molecular formula is C21H21Cl2N3O5. The third kappa shape index (κ3) is 6.91. The zero-order valence-electron chi connectivity index (χ0n) is 16.8. The van der Waals surface area contributed by atoms with E-state index >= 15 is 0 Å². The molecule has 0 radical (unpaired) electrons. The fraction of sp³-hybridized carbons (Fsp3) is 0.190. The number of halogens is 2. The molecule has 0 aliphatic carbocycles. The Morgan fingerprint density at radius 3 is 2.26 bits per heavy atom. The number of aliphatic carboxylic acids is 2. The number of nitrogens with one attached hydrogen (secondary N) is 1. The first kappa shape index (κ1) is 24.0. The van der Waals surface area contributed by atoms with Gasteiger partial charge in [-0.1, -0.05) is 29.3 Å². The zero-order chi connectivity index (χ0) is 23.0. The molecule has 164 valence electrons. The number of ether oxygens (including phenoxy) is 1. The highest BCUT2D eigenvalue weighted by Gasteiger charge is 2.09. The van der Waals surface area contributed by atoms with Crippen molar-refractivity contribution in [1.29, 1.82) is 0 Å². The predicted octanol–water partition coefficient (Wildman–Crippen LogP) is 4.56. The zero-order valence-corrected chi connectivity index (χ0v) is 18.3. The van der Waals surface area contributed by atoms with E-state index in [0.717, 1.165) is 28.5 Å². The molecule has 2 aromatic carbocycles. The highest BCUT2D eigenvalue weighted by Crippen LogP contribution is 2.26. The minimum atomic E-state index is -1.82. The van der Waals surface area contributed by atoms with Crippen molar-refractivity contribution in [3.05, 3.63) is 64.3 Å². The number of carbonyl (C=O) groups is 2. The first-order chi connectivity index (χ1) is 14.7. The van der Waals surface area contributed by atoms with Gasteiger partial charge in [-0.15, -0.1) is 0 Å². The standard InChI is InChI=1S/C19H19Cl2N3O.C2H2O4/c1-3-25-15-7-5-14(6-8-15)18-12-23-19(24(18)2)22-11-13-4-9-16(20)17(21)10-13;3-1(4)2(5)6/h4-10,12H,3,11H2,1-2H3,(H,22,23);(H,3,4)(H,5,6). The molecule has 1 aromatic heterocycles. The fourth-order valence-corrected chi connectivity index (χ4v) is 2.88. The van der Waals surface area contributed by atoms with Crippen LogP contribution in [-0.2, 0) is 23.2 Å². The van der Waals surface area contributed by atoms with Crippen molar-refractivity contribution in [2.24, 2.45) is 7.05 Å². The van der Waals surface area contributed by atoms with Crippen LogP contribution in [0, 0.1) is 0 Å². The van der Waals surface area contributed by atoms with Crippen molar-refractivity contribution < 1.29 is 24.5 Å². The number of nitrogens with zero attached hydrogens (tertiary/aromatic N) is 2. The molecule has 0 spiro atoms. The van der Waals surface area contributed by atoms with Gasteiger partial charge in [0.15, 0.2) is 0 Å². The lowest BCUT2D eigenvalue weighted by Crippen LogP contribution is -2.09. The molecule has 0 saturated carbocycles. The number of benzene rings is 2. The van der Waals surface area contributed by atoms with Gasteiger partial charge in [0.1, 0.15) is 5.75 Å². The summed E-state index contributed by atoms with van der Waals surface area (Å²) in [5.41, 5.74) is 3.15. The Balaban J connectivity index is 0.000000501. The number of imidazole rings is 1. The number of hydrogen-bond donors (Lipinski definition) is 3. The summed E-state index contributed by atoms with van der Waals surface area (Å²) >= 11 is 12.0. The summed E-state index contributed by atoms with van der Waals surface area (Å²) in [5.74, 6) is -1.99.